The molecule has 0 saturated carbocycles. The van der Waals surface area contributed by atoms with Crippen LogP contribution in [0, 0.1) is 0 Å². The quantitative estimate of drug-likeness (QED) is 0.610. The Balaban J connectivity index is 1.83. The monoisotopic (exact) mass is 406 g/mol. The SMILES string of the molecule is C=CCOc1ccccc1C1Nc2ccccc2S(=O)(=O)N1Cc1ccccc1. The molecule has 6 heteroatoms. The topological polar surface area (TPSA) is 58.6 Å². The summed E-state index contributed by atoms with van der Waals surface area (Å²) in [6.07, 6.45) is 1.06. The highest BCUT2D eigenvalue weighted by molar-refractivity contribution is 7.89. The first-order chi connectivity index (χ1) is 14.1. The molecule has 1 aliphatic heterocycles. The number of benzene rings is 3. The van der Waals surface area contributed by atoms with Gasteiger partial charge in [0.1, 0.15) is 23.4 Å². The molecule has 5 nitrogen and oxygen atoms in total. The smallest absolute Gasteiger partial charge is 0.247 e. The van der Waals surface area contributed by atoms with Gasteiger partial charge in [-0.15, -0.1) is 0 Å². The maximum Gasteiger partial charge on any atom is 0.247 e. The summed E-state index contributed by atoms with van der Waals surface area (Å²) in [5.74, 6) is 0.623. The Morgan fingerprint density at radius 2 is 1.66 bits per heavy atom. The lowest BCUT2D eigenvalue weighted by Gasteiger charge is -2.38. The normalized spacial score (nSPS) is 17.7. The van der Waals surface area contributed by atoms with Gasteiger partial charge in [0.15, 0.2) is 0 Å². The standard InChI is InChI=1S/C23H22N2O3S/c1-2-16-28-21-14-8-6-12-19(21)23-24-20-13-7-9-15-22(20)29(26,27)25(23)17-18-10-4-3-5-11-18/h2-15,23-24H,1,16-17H2. The molecule has 1 unspecified atom stereocenters. The summed E-state index contributed by atoms with van der Waals surface area (Å²) in [4.78, 5) is 0.275. The molecule has 1 heterocycles. The van der Waals surface area contributed by atoms with Crippen molar-refractivity contribution in [3.05, 3.63) is 103 Å². The maximum atomic E-state index is 13.5. The number of para-hydroxylation sites is 2. The number of hydrogen-bond donors (Lipinski definition) is 1. The zero-order valence-electron chi connectivity index (χ0n) is 15.9. The van der Waals surface area contributed by atoms with E-state index >= 15 is 0 Å². The number of hydrogen-bond acceptors (Lipinski definition) is 4. The van der Waals surface area contributed by atoms with Crippen LogP contribution in [-0.2, 0) is 16.6 Å². The molecule has 0 bridgehead atoms. The van der Waals surface area contributed by atoms with Crippen LogP contribution in [0.4, 0.5) is 5.69 Å². The van der Waals surface area contributed by atoms with Crippen LogP contribution in [0.15, 0.2) is 96.4 Å². The summed E-state index contributed by atoms with van der Waals surface area (Å²) in [5, 5.41) is 3.40. The van der Waals surface area contributed by atoms with E-state index in [0.29, 0.717) is 18.0 Å². The van der Waals surface area contributed by atoms with E-state index in [1.165, 1.54) is 4.31 Å². The first-order valence-corrected chi connectivity index (χ1v) is 10.8. The molecule has 1 aliphatic rings. The molecule has 0 fully saturated rings. The minimum Gasteiger partial charge on any atom is -0.489 e. The number of rotatable bonds is 6. The van der Waals surface area contributed by atoms with Crippen LogP contribution in [0.25, 0.3) is 0 Å². The van der Waals surface area contributed by atoms with Crippen LogP contribution < -0.4 is 10.1 Å². The summed E-state index contributed by atoms with van der Waals surface area (Å²) in [7, 11) is -3.72. The third-order valence-electron chi connectivity index (χ3n) is 4.81. The average molecular weight is 407 g/mol. The molecular weight excluding hydrogens is 384 g/mol. The van der Waals surface area contributed by atoms with Crippen molar-refractivity contribution in [3.8, 4) is 5.75 Å². The van der Waals surface area contributed by atoms with Gasteiger partial charge in [-0.05, 0) is 23.8 Å². The summed E-state index contributed by atoms with van der Waals surface area (Å²) in [6.45, 7) is 4.27. The van der Waals surface area contributed by atoms with E-state index in [1.807, 2.05) is 60.7 Å². The highest BCUT2D eigenvalue weighted by Crippen LogP contribution is 2.41. The molecular formula is C23H22N2O3S. The fourth-order valence-corrected chi connectivity index (χ4v) is 5.13. The fraction of sp³-hybridized carbons (Fsp3) is 0.130. The van der Waals surface area contributed by atoms with E-state index in [2.05, 4.69) is 11.9 Å². The lowest BCUT2D eigenvalue weighted by molar-refractivity contribution is 0.313. The predicted octanol–water partition coefficient (Wildman–Crippen LogP) is 4.57. The predicted molar refractivity (Wildman–Crippen MR) is 114 cm³/mol. The number of nitrogens with one attached hydrogen (secondary N) is 1. The van der Waals surface area contributed by atoms with Crippen molar-refractivity contribution in [3.63, 3.8) is 0 Å². The lowest BCUT2D eigenvalue weighted by Crippen LogP contribution is -2.42. The van der Waals surface area contributed by atoms with Gasteiger partial charge in [-0.3, -0.25) is 0 Å². The van der Waals surface area contributed by atoms with E-state index in [4.69, 9.17) is 4.74 Å². The van der Waals surface area contributed by atoms with Crippen molar-refractivity contribution in [1.82, 2.24) is 4.31 Å². The van der Waals surface area contributed by atoms with Crippen molar-refractivity contribution in [1.29, 1.82) is 0 Å². The Morgan fingerprint density at radius 1 is 0.966 bits per heavy atom. The summed E-state index contributed by atoms with van der Waals surface area (Å²) >= 11 is 0. The Bertz CT molecular complexity index is 1110. The molecule has 0 aliphatic carbocycles. The molecule has 0 spiro atoms. The number of fused-ring (bicyclic) bond motifs is 1. The molecule has 3 aromatic carbocycles. The fourth-order valence-electron chi connectivity index (χ4n) is 3.45. The molecule has 4 rings (SSSR count). The molecule has 0 radical (unpaired) electrons. The van der Waals surface area contributed by atoms with Crippen molar-refractivity contribution in [2.75, 3.05) is 11.9 Å². The van der Waals surface area contributed by atoms with Crippen LogP contribution in [0.2, 0.25) is 0 Å². The lowest BCUT2D eigenvalue weighted by atomic mass is 10.1. The first kappa shape index (κ1) is 19.2. The molecule has 29 heavy (non-hydrogen) atoms. The van der Waals surface area contributed by atoms with Crippen LogP contribution >= 0.6 is 0 Å². The van der Waals surface area contributed by atoms with Crippen LogP contribution in [0.3, 0.4) is 0 Å². The molecule has 0 amide bonds. The second-order valence-corrected chi connectivity index (χ2v) is 8.58. The average Bonchev–Trinajstić information content (AvgIpc) is 2.75. The minimum absolute atomic E-state index is 0.241. The molecule has 0 aromatic heterocycles. The maximum absolute atomic E-state index is 13.5. The Hall–Kier alpha value is -3.09. The van der Waals surface area contributed by atoms with E-state index < -0.39 is 16.2 Å². The van der Waals surface area contributed by atoms with E-state index in [0.717, 1.165) is 11.1 Å². The van der Waals surface area contributed by atoms with E-state index in [9.17, 15) is 8.42 Å². The highest BCUT2D eigenvalue weighted by atomic mass is 32.2. The molecule has 0 saturated heterocycles. The summed E-state index contributed by atoms with van der Waals surface area (Å²) < 4.78 is 34.4. The van der Waals surface area contributed by atoms with Gasteiger partial charge < -0.3 is 10.1 Å². The third kappa shape index (κ3) is 3.77. The molecule has 1 atom stereocenters. The number of anilines is 1. The van der Waals surface area contributed by atoms with Gasteiger partial charge in [-0.25, -0.2) is 8.42 Å². The van der Waals surface area contributed by atoms with Gasteiger partial charge in [0.2, 0.25) is 10.0 Å². The Morgan fingerprint density at radius 3 is 2.45 bits per heavy atom. The van der Waals surface area contributed by atoms with Gasteiger partial charge in [0.25, 0.3) is 0 Å². The summed E-state index contributed by atoms with van der Waals surface area (Å²) in [6, 6.07) is 24.0. The van der Waals surface area contributed by atoms with E-state index in [-0.39, 0.29) is 11.4 Å². The zero-order chi connectivity index (χ0) is 20.3. The molecule has 3 aromatic rings. The minimum atomic E-state index is -3.72. The van der Waals surface area contributed by atoms with Gasteiger partial charge in [-0.2, -0.15) is 4.31 Å². The van der Waals surface area contributed by atoms with Crippen molar-refractivity contribution in [2.45, 2.75) is 17.6 Å². The molecule has 148 valence electrons. The molecule has 1 N–H and O–H groups in total. The number of sulfonamides is 1. The Labute approximate surface area is 171 Å². The van der Waals surface area contributed by atoms with Crippen LogP contribution in [0.5, 0.6) is 5.75 Å². The third-order valence-corrected chi connectivity index (χ3v) is 6.67. The second-order valence-electron chi connectivity index (χ2n) is 6.72. The highest BCUT2D eigenvalue weighted by Gasteiger charge is 2.39. The van der Waals surface area contributed by atoms with Crippen molar-refractivity contribution in [2.24, 2.45) is 0 Å². The van der Waals surface area contributed by atoms with Gasteiger partial charge in [-0.1, -0.05) is 73.3 Å². The number of nitrogens with zero attached hydrogens (tertiary/aromatic N) is 1. The van der Waals surface area contributed by atoms with Gasteiger partial charge in [0, 0.05) is 12.1 Å². The number of ether oxygens (including phenoxy) is 1. The Kier molecular flexibility index (Phi) is 5.38. The summed E-state index contributed by atoms with van der Waals surface area (Å²) in [5.41, 5.74) is 2.25. The zero-order valence-corrected chi connectivity index (χ0v) is 16.7. The second kappa shape index (κ2) is 8.11. The van der Waals surface area contributed by atoms with Gasteiger partial charge in [0.05, 0.1) is 5.69 Å². The van der Waals surface area contributed by atoms with Gasteiger partial charge >= 0.3 is 0 Å². The largest absolute Gasteiger partial charge is 0.489 e. The van der Waals surface area contributed by atoms with Crippen LogP contribution in [0.1, 0.15) is 17.3 Å². The van der Waals surface area contributed by atoms with Crippen molar-refractivity contribution >= 4 is 15.7 Å². The van der Waals surface area contributed by atoms with E-state index in [1.54, 1.807) is 24.3 Å². The van der Waals surface area contributed by atoms with Crippen molar-refractivity contribution < 1.29 is 13.2 Å². The van der Waals surface area contributed by atoms with Crippen LogP contribution in [-0.4, -0.2) is 19.3 Å². The first-order valence-electron chi connectivity index (χ1n) is 9.35.